The Bertz CT molecular complexity index is 721. The summed E-state index contributed by atoms with van der Waals surface area (Å²) < 4.78 is 0. The third-order valence-electron chi connectivity index (χ3n) is 2.81. The maximum atomic E-state index is 12.0. The van der Waals surface area contributed by atoms with Gasteiger partial charge in [-0.15, -0.1) is 0 Å². The summed E-state index contributed by atoms with van der Waals surface area (Å²) in [5.41, 5.74) is 17.5. The first kappa shape index (κ1) is 15.2. The molecule has 0 saturated carbocycles. The molecule has 22 heavy (non-hydrogen) atoms. The average Bonchev–Trinajstić information content (AvgIpc) is 2.46. The van der Waals surface area contributed by atoms with Gasteiger partial charge in [0.1, 0.15) is 5.69 Å². The zero-order valence-electron chi connectivity index (χ0n) is 12.3. The van der Waals surface area contributed by atoms with Crippen LogP contribution in [0.15, 0.2) is 35.3 Å². The molecule has 0 unspecified atom stereocenters. The van der Waals surface area contributed by atoms with E-state index in [1.807, 2.05) is 44.4 Å². The average molecular weight is 299 g/mol. The molecule has 2 aromatic rings. The molecular formula is C14H17N7O. The molecule has 8 heteroatoms. The van der Waals surface area contributed by atoms with Gasteiger partial charge in [0.05, 0.1) is 0 Å². The lowest BCUT2D eigenvalue weighted by molar-refractivity contribution is 0.0998. The molecule has 0 aliphatic heterocycles. The molecule has 0 atom stereocenters. The first-order valence-corrected chi connectivity index (χ1v) is 6.44. The molecule has 1 amide bonds. The number of rotatable bonds is 3. The number of hydrogen-bond donors (Lipinski definition) is 3. The smallest absolute Gasteiger partial charge is 0.302 e. The molecule has 8 nitrogen and oxygen atoms in total. The van der Waals surface area contributed by atoms with E-state index in [0.717, 1.165) is 5.56 Å². The highest BCUT2D eigenvalue weighted by Gasteiger charge is 2.19. The normalized spacial score (nSPS) is 10.1. The van der Waals surface area contributed by atoms with E-state index in [0.29, 0.717) is 11.5 Å². The molecule has 6 N–H and O–H groups in total. The van der Waals surface area contributed by atoms with Gasteiger partial charge in [-0.1, -0.05) is 30.3 Å². The van der Waals surface area contributed by atoms with Crippen LogP contribution in [0.2, 0.25) is 0 Å². The first-order valence-electron chi connectivity index (χ1n) is 6.44. The Morgan fingerprint density at radius 3 is 2.32 bits per heavy atom. The van der Waals surface area contributed by atoms with Gasteiger partial charge >= 0.3 is 5.91 Å². The number of carbonyl (C=O) groups excluding carboxylic acids is 1. The maximum absolute atomic E-state index is 12.0. The second-order valence-corrected chi connectivity index (χ2v) is 4.73. The van der Waals surface area contributed by atoms with Gasteiger partial charge in [0.2, 0.25) is 0 Å². The molecule has 1 aromatic heterocycles. The van der Waals surface area contributed by atoms with Gasteiger partial charge in [-0.3, -0.25) is 4.79 Å². The van der Waals surface area contributed by atoms with Crippen molar-refractivity contribution >= 4 is 23.5 Å². The number of amides is 1. The van der Waals surface area contributed by atoms with Gasteiger partial charge in [0.15, 0.2) is 23.3 Å². The van der Waals surface area contributed by atoms with Crippen molar-refractivity contribution in [1.29, 1.82) is 0 Å². The van der Waals surface area contributed by atoms with E-state index in [1.165, 1.54) is 0 Å². The minimum Gasteiger partial charge on any atom is -0.382 e. The summed E-state index contributed by atoms with van der Waals surface area (Å²) in [5.74, 6) is -0.569. The number of aromatic nitrogens is 2. The Morgan fingerprint density at radius 1 is 1.14 bits per heavy atom. The molecule has 0 spiro atoms. The van der Waals surface area contributed by atoms with Gasteiger partial charge in [0.25, 0.3) is 0 Å². The summed E-state index contributed by atoms with van der Waals surface area (Å²) in [6, 6.07) is 9.34. The van der Waals surface area contributed by atoms with Gasteiger partial charge in [0, 0.05) is 19.7 Å². The summed E-state index contributed by atoms with van der Waals surface area (Å²) in [5, 5.41) is 0. The second-order valence-electron chi connectivity index (χ2n) is 4.73. The standard InChI is InChI=1S/C14H17N7O/c1-21(2)12-9(8-6-4-3-5-7-8)18-10(11(15)19-12)13(22)20-14(16)17/h3-7H,1-2H3,(H2,15,19)(H4,16,17,20,22). The summed E-state index contributed by atoms with van der Waals surface area (Å²) in [4.78, 5) is 25.8. The van der Waals surface area contributed by atoms with Crippen molar-refractivity contribution in [2.75, 3.05) is 24.7 Å². The van der Waals surface area contributed by atoms with Crippen LogP contribution < -0.4 is 22.1 Å². The van der Waals surface area contributed by atoms with E-state index >= 15 is 0 Å². The van der Waals surface area contributed by atoms with Crippen molar-refractivity contribution in [1.82, 2.24) is 9.97 Å². The highest BCUT2D eigenvalue weighted by molar-refractivity contribution is 6.03. The highest BCUT2D eigenvalue weighted by atomic mass is 16.1. The van der Waals surface area contributed by atoms with Crippen molar-refractivity contribution in [2.24, 2.45) is 16.5 Å². The second kappa shape index (κ2) is 6.08. The number of nitrogen functional groups attached to an aromatic ring is 1. The zero-order chi connectivity index (χ0) is 16.3. The van der Waals surface area contributed by atoms with E-state index in [-0.39, 0.29) is 17.5 Å². The number of nitrogens with zero attached hydrogens (tertiary/aromatic N) is 4. The van der Waals surface area contributed by atoms with E-state index in [2.05, 4.69) is 15.0 Å². The number of aliphatic imine (C=N–C) groups is 1. The van der Waals surface area contributed by atoms with Crippen LogP contribution in [-0.2, 0) is 0 Å². The Kier molecular flexibility index (Phi) is 4.21. The third-order valence-corrected chi connectivity index (χ3v) is 2.81. The SMILES string of the molecule is CN(C)c1nc(N)c(C(=O)N=C(N)N)nc1-c1ccccc1. The van der Waals surface area contributed by atoms with Crippen molar-refractivity contribution in [3.8, 4) is 11.3 Å². The number of carbonyl (C=O) groups is 1. The highest BCUT2D eigenvalue weighted by Crippen LogP contribution is 2.28. The van der Waals surface area contributed by atoms with Gasteiger partial charge in [-0.05, 0) is 0 Å². The van der Waals surface area contributed by atoms with Crippen LogP contribution in [0.4, 0.5) is 11.6 Å². The van der Waals surface area contributed by atoms with Crippen molar-refractivity contribution in [3.63, 3.8) is 0 Å². The predicted octanol–water partition coefficient (Wildman–Crippen LogP) is 0.205. The Hall–Kier alpha value is -3.16. The summed E-state index contributed by atoms with van der Waals surface area (Å²) >= 11 is 0. The van der Waals surface area contributed by atoms with Crippen molar-refractivity contribution in [2.45, 2.75) is 0 Å². The third kappa shape index (κ3) is 3.11. The Balaban J connectivity index is 2.65. The molecule has 0 radical (unpaired) electrons. The topological polar surface area (TPSA) is 137 Å². The minimum absolute atomic E-state index is 0.0293. The quantitative estimate of drug-likeness (QED) is 0.544. The predicted molar refractivity (Wildman–Crippen MR) is 86.3 cm³/mol. The molecule has 0 fully saturated rings. The summed E-state index contributed by atoms with van der Waals surface area (Å²) in [6.07, 6.45) is 0. The number of benzene rings is 1. The van der Waals surface area contributed by atoms with E-state index < -0.39 is 5.91 Å². The van der Waals surface area contributed by atoms with Crippen LogP contribution in [0.25, 0.3) is 11.3 Å². The number of hydrogen-bond acceptors (Lipinski definition) is 5. The van der Waals surface area contributed by atoms with Crippen LogP contribution in [0, 0.1) is 0 Å². The van der Waals surface area contributed by atoms with Gasteiger partial charge < -0.3 is 22.1 Å². The van der Waals surface area contributed by atoms with Crippen molar-refractivity contribution < 1.29 is 4.79 Å². The summed E-state index contributed by atoms with van der Waals surface area (Å²) in [6.45, 7) is 0. The van der Waals surface area contributed by atoms with Crippen LogP contribution in [0.1, 0.15) is 10.5 Å². The molecular weight excluding hydrogens is 282 g/mol. The van der Waals surface area contributed by atoms with Crippen LogP contribution in [0.3, 0.4) is 0 Å². The first-order chi connectivity index (χ1) is 10.4. The number of guanidine groups is 1. The minimum atomic E-state index is -0.729. The fourth-order valence-electron chi connectivity index (χ4n) is 1.87. The lowest BCUT2D eigenvalue weighted by Crippen LogP contribution is -2.25. The van der Waals surface area contributed by atoms with Gasteiger partial charge in [-0.25, -0.2) is 9.97 Å². The monoisotopic (exact) mass is 299 g/mol. The van der Waals surface area contributed by atoms with E-state index in [4.69, 9.17) is 17.2 Å². The van der Waals surface area contributed by atoms with E-state index in [9.17, 15) is 4.79 Å². The molecule has 2 rings (SSSR count). The molecule has 1 aromatic carbocycles. The molecule has 0 aliphatic rings. The Morgan fingerprint density at radius 2 is 1.77 bits per heavy atom. The molecule has 0 bridgehead atoms. The van der Waals surface area contributed by atoms with Crippen LogP contribution >= 0.6 is 0 Å². The fourth-order valence-corrected chi connectivity index (χ4v) is 1.87. The lowest BCUT2D eigenvalue weighted by Gasteiger charge is -2.17. The van der Waals surface area contributed by atoms with Gasteiger partial charge in [-0.2, -0.15) is 4.99 Å². The van der Waals surface area contributed by atoms with E-state index in [1.54, 1.807) is 4.90 Å². The molecule has 1 heterocycles. The zero-order valence-corrected chi connectivity index (χ0v) is 12.3. The van der Waals surface area contributed by atoms with Crippen molar-refractivity contribution in [3.05, 3.63) is 36.0 Å². The largest absolute Gasteiger partial charge is 0.382 e. The van der Waals surface area contributed by atoms with Crippen LogP contribution in [-0.4, -0.2) is 35.9 Å². The molecule has 0 aliphatic carbocycles. The fraction of sp³-hybridized carbons (Fsp3) is 0.143. The van der Waals surface area contributed by atoms with Crippen LogP contribution in [0.5, 0.6) is 0 Å². The number of nitrogens with two attached hydrogens (primary N) is 3. The summed E-state index contributed by atoms with van der Waals surface area (Å²) in [7, 11) is 3.63. The Labute approximate surface area is 127 Å². The lowest BCUT2D eigenvalue weighted by atomic mass is 10.1. The number of anilines is 2. The molecule has 0 saturated heterocycles. The molecule has 114 valence electrons. The maximum Gasteiger partial charge on any atom is 0.302 e.